The van der Waals surface area contributed by atoms with Gasteiger partial charge >= 0.3 is 0 Å². The van der Waals surface area contributed by atoms with Crippen molar-refractivity contribution < 1.29 is 24.4 Å². The van der Waals surface area contributed by atoms with Crippen LogP contribution in [0.4, 0.5) is 0 Å². The van der Waals surface area contributed by atoms with Crippen molar-refractivity contribution in [3.8, 4) is 0 Å². The average Bonchev–Trinajstić information content (AvgIpc) is 2.46. The normalized spacial score (nSPS) is 41.1. The summed E-state index contributed by atoms with van der Waals surface area (Å²) >= 11 is 1.39. The molecule has 0 radical (unpaired) electrons. The molecule has 2 heterocycles. The largest absolute Gasteiger partial charge is 0.387 e. The van der Waals surface area contributed by atoms with Crippen molar-refractivity contribution in [3.05, 3.63) is 30.3 Å². The summed E-state index contributed by atoms with van der Waals surface area (Å²) < 4.78 is 16.7. The van der Waals surface area contributed by atoms with Crippen LogP contribution in [0.25, 0.3) is 0 Å². The molecule has 2 saturated heterocycles. The van der Waals surface area contributed by atoms with Gasteiger partial charge in [0.25, 0.3) is 0 Å². The Hall–Kier alpha value is -0.630. The lowest BCUT2D eigenvalue weighted by Gasteiger charge is -2.45. The minimum atomic E-state index is -0.994. The van der Waals surface area contributed by atoms with E-state index in [4.69, 9.17) is 14.2 Å². The molecule has 6 atom stereocenters. The van der Waals surface area contributed by atoms with Crippen LogP contribution in [-0.2, 0) is 14.2 Å². The summed E-state index contributed by atoms with van der Waals surface area (Å²) in [6, 6.07) is 9.65. The van der Waals surface area contributed by atoms with E-state index >= 15 is 0 Å². The van der Waals surface area contributed by atoms with E-state index in [9.17, 15) is 10.2 Å². The molecule has 6 heteroatoms. The van der Waals surface area contributed by atoms with Gasteiger partial charge < -0.3 is 24.4 Å². The molecule has 5 nitrogen and oxygen atoms in total. The molecule has 0 aliphatic carbocycles. The number of aliphatic hydroxyl groups excluding tert-OH is 2. The van der Waals surface area contributed by atoms with Crippen LogP contribution in [0.3, 0.4) is 0 Å². The van der Waals surface area contributed by atoms with Crippen molar-refractivity contribution in [2.45, 2.75) is 48.0 Å². The zero-order valence-electron chi connectivity index (χ0n) is 11.1. The van der Waals surface area contributed by atoms with Gasteiger partial charge in [0.2, 0.25) is 0 Å². The first-order valence-corrected chi connectivity index (χ1v) is 7.53. The number of rotatable bonds is 2. The molecule has 1 aromatic carbocycles. The Kier molecular flexibility index (Phi) is 4.30. The number of thioether (sulfide) groups is 1. The van der Waals surface area contributed by atoms with Crippen LogP contribution in [0.15, 0.2) is 35.2 Å². The highest BCUT2D eigenvalue weighted by molar-refractivity contribution is 7.99. The van der Waals surface area contributed by atoms with E-state index in [-0.39, 0.29) is 12.4 Å². The zero-order valence-corrected chi connectivity index (χ0v) is 11.9. The number of hydrogen-bond acceptors (Lipinski definition) is 6. The molecule has 2 aliphatic rings. The topological polar surface area (TPSA) is 68.2 Å². The highest BCUT2D eigenvalue weighted by atomic mass is 32.2. The van der Waals surface area contributed by atoms with Crippen LogP contribution in [0.1, 0.15) is 6.92 Å². The lowest BCUT2D eigenvalue weighted by atomic mass is 9.99. The summed E-state index contributed by atoms with van der Waals surface area (Å²) in [5.74, 6) is 0. The highest BCUT2D eigenvalue weighted by Crippen LogP contribution is 2.35. The van der Waals surface area contributed by atoms with Gasteiger partial charge in [-0.2, -0.15) is 0 Å². The smallest absolute Gasteiger partial charge is 0.155 e. The van der Waals surface area contributed by atoms with Gasteiger partial charge in [0.15, 0.2) is 6.29 Å². The van der Waals surface area contributed by atoms with Gasteiger partial charge in [0.05, 0.1) is 6.61 Å². The maximum absolute atomic E-state index is 10.2. The fourth-order valence-electron chi connectivity index (χ4n) is 2.43. The maximum atomic E-state index is 10.2. The minimum absolute atomic E-state index is 0.356. The van der Waals surface area contributed by atoms with Gasteiger partial charge in [0.1, 0.15) is 29.9 Å². The lowest BCUT2D eigenvalue weighted by Crippen LogP contribution is -2.61. The summed E-state index contributed by atoms with van der Waals surface area (Å²) in [5.41, 5.74) is -0.533. The van der Waals surface area contributed by atoms with E-state index in [1.165, 1.54) is 11.8 Å². The molecule has 2 aliphatic heterocycles. The molecule has 2 fully saturated rings. The van der Waals surface area contributed by atoms with Crippen LogP contribution in [0.2, 0.25) is 0 Å². The molecule has 0 amide bonds. The number of fused-ring (bicyclic) bond motifs is 1. The molecule has 0 spiro atoms. The van der Waals surface area contributed by atoms with Crippen molar-refractivity contribution >= 4 is 11.8 Å². The maximum Gasteiger partial charge on any atom is 0.155 e. The third-order valence-corrected chi connectivity index (χ3v) is 4.65. The van der Waals surface area contributed by atoms with Crippen LogP contribution in [0.5, 0.6) is 0 Å². The predicted octanol–water partition coefficient (Wildman–Crippen LogP) is 0.987. The van der Waals surface area contributed by atoms with E-state index in [1.807, 2.05) is 30.3 Å². The number of benzene rings is 1. The Labute approximate surface area is 121 Å². The zero-order chi connectivity index (χ0) is 14.1. The summed E-state index contributed by atoms with van der Waals surface area (Å²) in [6.07, 6.45) is -3.25. The number of hydrogen-bond donors (Lipinski definition) is 2. The standard InChI is InChI=1S/C14H18O5S/c1-8-17-7-10-13(18-8)11(15)12(16)14(19-10)20-9-5-3-2-4-6-9/h2-6,8,10-16H,7H2,1H3. The second kappa shape index (κ2) is 6.01. The molecule has 0 bridgehead atoms. The van der Waals surface area contributed by atoms with Gasteiger partial charge in [0, 0.05) is 4.90 Å². The first-order valence-electron chi connectivity index (χ1n) is 6.65. The van der Waals surface area contributed by atoms with E-state index in [0.29, 0.717) is 6.61 Å². The molecule has 110 valence electrons. The quantitative estimate of drug-likeness (QED) is 0.848. The molecule has 0 saturated carbocycles. The molecular formula is C14H18O5S. The monoisotopic (exact) mass is 298 g/mol. The fraction of sp³-hybridized carbons (Fsp3) is 0.571. The first kappa shape index (κ1) is 14.3. The fourth-order valence-corrected chi connectivity index (χ4v) is 3.51. The molecule has 2 N–H and O–H groups in total. The summed E-state index contributed by atoms with van der Waals surface area (Å²) in [6.45, 7) is 2.13. The van der Waals surface area contributed by atoms with Crippen LogP contribution < -0.4 is 0 Å². The van der Waals surface area contributed by atoms with Gasteiger partial charge in [-0.15, -0.1) is 0 Å². The SMILES string of the molecule is CC1OCC2OC(Sc3ccccc3)C(O)C(O)C2O1. The molecule has 1 aromatic rings. The molecule has 3 rings (SSSR count). The van der Waals surface area contributed by atoms with E-state index in [2.05, 4.69) is 0 Å². The molecular weight excluding hydrogens is 280 g/mol. The highest BCUT2D eigenvalue weighted by Gasteiger charge is 2.48. The van der Waals surface area contributed by atoms with Crippen molar-refractivity contribution in [1.29, 1.82) is 0 Å². The van der Waals surface area contributed by atoms with E-state index < -0.39 is 23.7 Å². The van der Waals surface area contributed by atoms with Gasteiger partial charge in [-0.3, -0.25) is 0 Å². The summed E-state index contributed by atoms with van der Waals surface area (Å²) in [7, 11) is 0. The van der Waals surface area contributed by atoms with Crippen molar-refractivity contribution in [1.82, 2.24) is 0 Å². The molecule has 6 unspecified atom stereocenters. The van der Waals surface area contributed by atoms with Crippen LogP contribution in [-0.4, -0.2) is 53.0 Å². The summed E-state index contributed by atoms with van der Waals surface area (Å²) in [4.78, 5) is 0.980. The first-order chi connectivity index (χ1) is 9.65. The lowest BCUT2D eigenvalue weighted by molar-refractivity contribution is -0.310. The molecule has 0 aromatic heterocycles. The Bertz CT molecular complexity index is 440. The van der Waals surface area contributed by atoms with Crippen LogP contribution >= 0.6 is 11.8 Å². The van der Waals surface area contributed by atoms with Crippen molar-refractivity contribution in [2.24, 2.45) is 0 Å². The second-order valence-electron chi connectivity index (χ2n) is 4.96. The number of ether oxygens (including phenoxy) is 3. The second-order valence-corrected chi connectivity index (χ2v) is 6.13. The average molecular weight is 298 g/mol. The third-order valence-electron chi connectivity index (χ3n) is 3.48. The van der Waals surface area contributed by atoms with E-state index in [1.54, 1.807) is 6.92 Å². The van der Waals surface area contributed by atoms with Gasteiger partial charge in [-0.25, -0.2) is 0 Å². The Morgan fingerprint density at radius 1 is 1.10 bits per heavy atom. The van der Waals surface area contributed by atoms with Crippen LogP contribution in [0, 0.1) is 0 Å². The Morgan fingerprint density at radius 2 is 1.85 bits per heavy atom. The number of aliphatic hydroxyl groups is 2. The predicted molar refractivity (Wildman–Crippen MR) is 73.3 cm³/mol. The van der Waals surface area contributed by atoms with Crippen molar-refractivity contribution in [2.75, 3.05) is 6.61 Å². The van der Waals surface area contributed by atoms with Gasteiger partial charge in [-0.05, 0) is 19.1 Å². The van der Waals surface area contributed by atoms with Gasteiger partial charge in [-0.1, -0.05) is 30.0 Å². The minimum Gasteiger partial charge on any atom is -0.387 e. The molecule has 20 heavy (non-hydrogen) atoms. The van der Waals surface area contributed by atoms with E-state index in [0.717, 1.165) is 4.90 Å². The Balaban J connectivity index is 1.71. The van der Waals surface area contributed by atoms with Crippen molar-refractivity contribution in [3.63, 3.8) is 0 Å². The summed E-state index contributed by atoms with van der Waals surface area (Å²) in [5, 5.41) is 20.4. The Morgan fingerprint density at radius 3 is 2.60 bits per heavy atom. The third kappa shape index (κ3) is 2.86.